The number of hydrogen-bond acceptors (Lipinski definition) is 7. The van der Waals surface area contributed by atoms with E-state index in [1.807, 2.05) is 63.4 Å². The van der Waals surface area contributed by atoms with E-state index in [1.165, 1.54) is 5.56 Å². The molecule has 12 heteroatoms. The normalized spacial score (nSPS) is 12.7. The van der Waals surface area contributed by atoms with Gasteiger partial charge in [-0.2, -0.15) is 13.5 Å². The molecule has 1 aliphatic heterocycles. The van der Waals surface area contributed by atoms with Gasteiger partial charge in [-0.1, -0.05) is 24.3 Å². The molecule has 5 rings (SSSR count). The molecule has 4 aromatic rings. The van der Waals surface area contributed by atoms with Crippen molar-refractivity contribution < 1.29 is 32.0 Å². The third-order valence-corrected chi connectivity index (χ3v) is 8.56. The van der Waals surface area contributed by atoms with Crippen molar-refractivity contribution in [3.05, 3.63) is 94.8 Å². The van der Waals surface area contributed by atoms with Gasteiger partial charge in [-0.05, 0) is 79.8 Å². The number of nitrogens with zero attached hydrogens (tertiary/aromatic N) is 3. The molecule has 242 valence electrons. The van der Waals surface area contributed by atoms with Crippen molar-refractivity contribution in [2.45, 2.75) is 40.2 Å². The molecule has 0 spiro atoms. The molecule has 46 heavy (non-hydrogen) atoms. The SMILES string of the molecule is Cc1cc(-c2cnn(Cc3cccc(C(=O)NCCS(=O)(=O)O)c3)c2)c2c(c1)N(C(=O)CCCOc1cccc(C)c1C)CCO2. The number of ether oxygens (including phenoxy) is 2. The van der Waals surface area contributed by atoms with Gasteiger partial charge in [0.1, 0.15) is 12.4 Å². The Morgan fingerprint density at radius 2 is 1.89 bits per heavy atom. The monoisotopic (exact) mass is 646 g/mol. The van der Waals surface area contributed by atoms with Crippen molar-refractivity contribution in [3.8, 4) is 22.6 Å². The maximum atomic E-state index is 13.4. The first kappa shape index (κ1) is 32.7. The van der Waals surface area contributed by atoms with E-state index in [-0.39, 0.29) is 12.5 Å². The van der Waals surface area contributed by atoms with Crippen molar-refractivity contribution in [2.24, 2.45) is 0 Å². The topological polar surface area (TPSA) is 140 Å². The van der Waals surface area contributed by atoms with Crippen molar-refractivity contribution >= 4 is 27.6 Å². The standard InChI is InChI=1S/C34H38N4O7S/c1-23-17-29(28-20-36-37(22-28)21-26-8-5-9-27(19-26)34(40)35-12-16-46(41,42)43)33-30(18-23)38(13-15-45-33)32(39)11-6-14-44-31-10-4-7-24(2)25(31)3/h4-5,7-10,17-20,22H,6,11-16,21H2,1-3H3,(H,35,40)(H,41,42,43). The van der Waals surface area contributed by atoms with Crippen LogP contribution in [-0.2, 0) is 21.5 Å². The van der Waals surface area contributed by atoms with Crippen molar-refractivity contribution in [1.29, 1.82) is 0 Å². The van der Waals surface area contributed by atoms with E-state index in [9.17, 15) is 18.0 Å². The largest absolute Gasteiger partial charge is 0.493 e. The highest BCUT2D eigenvalue weighted by molar-refractivity contribution is 7.85. The first-order valence-corrected chi connectivity index (χ1v) is 16.7. The molecule has 0 atom stereocenters. The average Bonchev–Trinajstić information content (AvgIpc) is 3.48. The number of amides is 2. The van der Waals surface area contributed by atoms with Gasteiger partial charge >= 0.3 is 0 Å². The Kier molecular flexibility index (Phi) is 10.1. The Morgan fingerprint density at radius 1 is 1.09 bits per heavy atom. The lowest BCUT2D eigenvalue weighted by molar-refractivity contribution is -0.119. The Morgan fingerprint density at radius 3 is 2.70 bits per heavy atom. The molecule has 0 saturated heterocycles. The van der Waals surface area contributed by atoms with Gasteiger partial charge < -0.3 is 19.7 Å². The number of carbonyl (C=O) groups is 2. The number of fused-ring (bicyclic) bond motifs is 1. The zero-order chi connectivity index (χ0) is 32.8. The first-order valence-electron chi connectivity index (χ1n) is 15.1. The summed E-state index contributed by atoms with van der Waals surface area (Å²) in [5.74, 6) is 0.499. The molecule has 0 saturated carbocycles. The van der Waals surface area contributed by atoms with E-state index in [0.717, 1.165) is 39.3 Å². The molecule has 2 N–H and O–H groups in total. The first-order chi connectivity index (χ1) is 22.0. The van der Waals surface area contributed by atoms with E-state index in [4.69, 9.17) is 14.0 Å². The van der Waals surface area contributed by atoms with E-state index >= 15 is 0 Å². The number of nitrogens with one attached hydrogen (secondary N) is 1. The maximum Gasteiger partial charge on any atom is 0.266 e. The van der Waals surface area contributed by atoms with Gasteiger partial charge in [0, 0.05) is 35.9 Å². The van der Waals surface area contributed by atoms with Gasteiger partial charge in [0.2, 0.25) is 5.91 Å². The Balaban J connectivity index is 1.25. The Bertz CT molecular complexity index is 1850. The summed E-state index contributed by atoms with van der Waals surface area (Å²) in [5, 5.41) is 7.02. The minimum Gasteiger partial charge on any atom is -0.493 e. The maximum absolute atomic E-state index is 13.4. The summed E-state index contributed by atoms with van der Waals surface area (Å²) in [4.78, 5) is 27.6. The fourth-order valence-electron chi connectivity index (χ4n) is 5.34. The highest BCUT2D eigenvalue weighted by Gasteiger charge is 2.27. The quantitative estimate of drug-likeness (QED) is 0.166. The number of anilines is 1. The smallest absolute Gasteiger partial charge is 0.266 e. The molecule has 0 bridgehead atoms. The van der Waals surface area contributed by atoms with Gasteiger partial charge in [-0.3, -0.25) is 18.8 Å². The summed E-state index contributed by atoms with van der Waals surface area (Å²) in [5.41, 5.74) is 6.84. The molecule has 0 aliphatic carbocycles. The summed E-state index contributed by atoms with van der Waals surface area (Å²) in [6.07, 6.45) is 4.58. The highest BCUT2D eigenvalue weighted by atomic mass is 32.2. The number of aromatic nitrogens is 2. The lowest BCUT2D eigenvalue weighted by Crippen LogP contribution is -2.38. The second-order valence-corrected chi connectivity index (χ2v) is 12.9. The van der Waals surface area contributed by atoms with Crippen molar-refractivity contribution in [3.63, 3.8) is 0 Å². The zero-order valence-corrected chi connectivity index (χ0v) is 27.0. The molecule has 1 aliphatic rings. The molecule has 11 nitrogen and oxygen atoms in total. The average molecular weight is 647 g/mol. The minimum atomic E-state index is -4.16. The van der Waals surface area contributed by atoms with Gasteiger partial charge in [-0.15, -0.1) is 0 Å². The van der Waals surface area contributed by atoms with Crippen LogP contribution in [0.4, 0.5) is 5.69 Å². The van der Waals surface area contributed by atoms with Crippen LogP contribution in [0.25, 0.3) is 11.1 Å². The third kappa shape index (κ3) is 8.12. The van der Waals surface area contributed by atoms with Crippen LogP contribution in [-0.4, -0.2) is 66.6 Å². The molecule has 0 unspecified atom stereocenters. The predicted octanol–water partition coefficient (Wildman–Crippen LogP) is 4.73. The molecule has 1 aromatic heterocycles. The lowest BCUT2D eigenvalue weighted by Gasteiger charge is -2.31. The summed E-state index contributed by atoms with van der Waals surface area (Å²) >= 11 is 0. The molecule has 2 amide bonds. The van der Waals surface area contributed by atoms with E-state index in [2.05, 4.69) is 10.4 Å². The number of aryl methyl sites for hydroxylation is 2. The predicted molar refractivity (Wildman–Crippen MR) is 175 cm³/mol. The van der Waals surface area contributed by atoms with E-state index < -0.39 is 21.8 Å². The number of rotatable bonds is 12. The molecule has 3 aromatic carbocycles. The molecular formula is C34H38N4O7S. The molecule has 2 heterocycles. The van der Waals surface area contributed by atoms with Crippen LogP contribution in [0, 0.1) is 20.8 Å². The van der Waals surface area contributed by atoms with Crippen molar-refractivity contribution in [2.75, 3.05) is 37.0 Å². The van der Waals surface area contributed by atoms with Gasteiger partial charge in [0.05, 0.1) is 37.3 Å². The molecule has 0 radical (unpaired) electrons. The lowest BCUT2D eigenvalue weighted by atomic mass is 10.0. The van der Waals surface area contributed by atoms with Gasteiger partial charge in [0.25, 0.3) is 16.0 Å². The summed E-state index contributed by atoms with van der Waals surface area (Å²) in [7, 11) is -4.16. The van der Waals surface area contributed by atoms with Crippen LogP contribution in [0.5, 0.6) is 11.5 Å². The Hall–Kier alpha value is -4.68. The minimum absolute atomic E-state index is 0.0169. The van der Waals surface area contributed by atoms with Crippen LogP contribution in [0.2, 0.25) is 0 Å². The summed E-state index contributed by atoms with van der Waals surface area (Å²) in [6, 6.07) is 16.9. The van der Waals surface area contributed by atoms with Crippen LogP contribution in [0.1, 0.15) is 45.5 Å². The van der Waals surface area contributed by atoms with Crippen LogP contribution in [0.3, 0.4) is 0 Å². The van der Waals surface area contributed by atoms with Gasteiger partial charge in [-0.25, -0.2) is 0 Å². The summed E-state index contributed by atoms with van der Waals surface area (Å²) < 4.78 is 44.6. The number of hydrogen-bond donors (Lipinski definition) is 2. The second-order valence-electron chi connectivity index (χ2n) is 11.4. The number of carbonyl (C=O) groups excluding carboxylic acids is 2. The molecule has 0 fully saturated rings. The van der Waals surface area contributed by atoms with Gasteiger partial charge in [0.15, 0.2) is 5.75 Å². The van der Waals surface area contributed by atoms with Crippen LogP contribution >= 0.6 is 0 Å². The Labute approximate surface area is 268 Å². The third-order valence-electron chi connectivity index (χ3n) is 7.84. The van der Waals surface area contributed by atoms with E-state index in [1.54, 1.807) is 34.0 Å². The van der Waals surface area contributed by atoms with Crippen LogP contribution in [0.15, 0.2) is 67.0 Å². The fourth-order valence-corrected chi connectivity index (χ4v) is 5.70. The van der Waals surface area contributed by atoms with Crippen molar-refractivity contribution in [1.82, 2.24) is 15.1 Å². The molecular weight excluding hydrogens is 608 g/mol. The van der Waals surface area contributed by atoms with E-state index in [0.29, 0.717) is 50.5 Å². The zero-order valence-electron chi connectivity index (χ0n) is 26.2. The highest BCUT2D eigenvalue weighted by Crippen LogP contribution is 2.42. The van der Waals surface area contributed by atoms with Crippen LogP contribution < -0.4 is 19.7 Å². The number of benzene rings is 3. The summed E-state index contributed by atoms with van der Waals surface area (Å²) in [6.45, 7) is 7.54. The fraction of sp³-hybridized carbons (Fsp3) is 0.324. The second kappa shape index (κ2) is 14.2.